The van der Waals surface area contributed by atoms with Gasteiger partial charge in [-0.2, -0.15) is 0 Å². The second-order valence-electron chi connectivity index (χ2n) is 4.37. The maximum atomic E-state index is 11.6. The highest BCUT2D eigenvalue weighted by atomic mass is 35.5. The van der Waals surface area contributed by atoms with Crippen LogP contribution in [0.25, 0.3) is 0 Å². The van der Waals surface area contributed by atoms with E-state index in [1.165, 1.54) is 12.8 Å². The molecule has 0 atom stereocenters. The molecule has 0 aliphatic heterocycles. The fourth-order valence-electron chi connectivity index (χ4n) is 1.44. The number of hydrogen-bond donors (Lipinski definition) is 1. The molecule has 1 aliphatic rings. The van der Waals surface area contributed by atoms with E-state index in [9.17, 15) is 4.79 Å². The number of rotatable bonds is 7. The summed E-state index contributed by atoms with van der Waals surface area (Å²) in [7, 11) is 0. The molecule has 1 N–H and O–H groups in total. The molecule has 2 rings (SSSR count). The lowest BCUT2D eigenvalue weighted by molar-refractivity contribution is 0.0931. The number of nitrogens with one attached hydrogen (secondary N) is 1. The van der Waals surface area contributed by atoms with Crippen molar-refractivity contribution in [2.45, 2.75) is 19.3 Å². The Hall–Kier alpha value is -1.20. The van der Waals surface area contributed by atoms with Crippen molar-refractivity contribution in [3.05, 3.63) is 23.0 Å². The van der Waals surface area contributed by atoms with Crippen LogP contribution in [0.5, 0.6) is 0 Å². The van der Waals surface area contributed by atoms with E-state index in [1.54, 1.807) is 12.1 Å². The molecule has 18 heavy (non-hydrogen) atoms. The van der Waals surface area contributed by atoms with Gasteiger partial charge in [-0.25, -0.2) is 0 Å². The fraction of sp³-hybridized carbons (Fsp3) is 0.583. The number of carbonyl (C=O) groups excluding carboxylic acids is 1. The maximum absolute atomic E-state index is 11.6. The summed E-state index contributed by atoms with van der Waals surface area (Å²) in [5.74, 6) is 0.547. The van der Waals surface area contributed by atoms with E-state index in [0.717, 1.165) is 18.9 Å². The van der Waals surface area contributed by atoms with Gasteiger partial charge >= 0.3 is 0 Å². The van der Waals surface area contributed by atoms with Crippen LogP contribution in [0, 0.1) is 5.92 Å². The third-order valence-electron chi connectivity index (χ3n) is 2.67. The zero-order valence-electron chi connectivity index (χ0n) is 10.1. The number of nitrogens with zero attached hydrogens (tertiary/aromatic N) is 2. The summed E-state index contributed by atoms with van der Waals surface area (Å²) >= 11 is 5.59. The maximum Gasteiger partial charge on any atom is 0.271 e. The normalized spacial score (nSPS) is 14.5. The topological polar surface area (TPSA) is 64.1 Å². The summed E-state index contributed by atoms with van der Waals surface area (Å²) in [5.41, 5.74) is 0.276. The minimum Gasteiger partial charge on any atom is -0.381 e. The first-order valence-corrected chi connectivity index (χ1v) is 6.48. The van der Waals surface area contributed by atoms with Crippen molar-refractivity contribution in [3.63, 3.8) is 0 Å². The Bertz CT molecular complexity index is 393. The summed E-state index contributed by atoms with van der Waals surface area (Å²) in [6.07, 6.45) is 3.40. The SMILES string of the molecule is O=C(NCCCOCC1CC1)c1ccc(Cl)nn1. The van der Waals surface area contributed by atoms with Crippen LogP contribution in [0.2, 0.25) is 5.15 Å². The van der Waals surface area contributed by atoms with Crippen molar-refractivity contribution in [2.75, 3.05) is 19.8 Å². The third-order valence-corrected chi connectivity index (χ3v) is 2.87. The van der Waals surface area contributed by atoms with Gasteiger partial charge in [0.15, 0.2) is 10.8 Å². The van der Waals surface area contributed by atoms with Crippen LogP contribution >= 0.6 is 11.6 Å². The smallest absolute Gasteiger partial charge is 0.271 e. The van der Waals surface area contributed by atoms with Crippen LogP contribution in [-0.2, 0) is 4.74 Å². The molecule has 0 aromatic carbocycles. The lowest BCUT2D eigenvalue weighted by Gasteiger charge is -2.05. The number of halogens is 1. The first-order valence-electron chi connectivity index (χ1n) is 6.11. The van der Waals surface area contributed by atoms with Gasteiger partial charge in [0.05, 0.1) is 0 Å². The van der Waals surface area contributed by atoms with Crippen molar-refractivity contribution >= 4 is 17.5 Å². The van der Waals surface area contributed by atoms with Crippen LogP contribution in [-0.4, -0.2) is 35.9 Å². The Morgan fingerprint density at radius 2 is 2.28 bits per heavy atom. The van der Waals surface area contributed by atoms with E-state index in [4.69, 9.17) is 16.3 Å². The molecule has 0 radical (unpaired) electrons. The molecule has 1 amide bonds. The minimum absolute atomic E-state index is 0.235. The van der Waals surface area contributed by atoms with Gasteiger partial charge in [0.1, 0.15) is 0 Å². The quantitative estimate of drug-likeness (QED) is 0.765. The van der Waals surface area contributed by atoms with Gasteiger partial charge in [-0.05, 0) is 37.3 Å². The molecular formula is C12H16ClN3O2. The van der Waals surface area contributed by atoms with Gasteiger partial charge in [-0.15, -0.1) is 10.2 Å². The molecule has 1 fully saturated rings. The Morgan fingerprint density at radius 1 is 1.44 bits per heavy atom. The Labute approximate surface area is 111 Å². The monoisotopic (exact) mass is 269 g/mol. The molecule has 1 aromatic rings. The Balaban J connectivity index is 1.57. The van der Waals surface area contributed by atoms with Crippen LogP contribution in [0.1, 0.15) is 29.8 Å². The summed E-state index contributed by atoms with van der Waals surface area (Å²) in [4.78, 5) is 11.6. The molecule has 1 saturated carbocycles. The van der Waals surface area contributed by atoms with Crippen LogP contribution in [0.4, 0.5) is 0 Å². The highest BCUT2D eigenvalue weighted by molar-refractivity contribution is 6.29. The fourth-order valence-corrected chi connectivity index (χ4v) is 1.54. The summed E-state index contributed by atoms with van der Waals surface area (Å²) < 4.78 is 5.46. The number of aromatic nitrogens is 2. The lowest BCUT2D eigenvalue weighted by atomic mass is 10.3. The Kier molecular flexibility index (Phi) is 4.90. The number of carbonyl (C=O) groups is 1. The molecule has 1 heterocycles. The van der Waals surface area contributed by atoms with Gasteiger partial charge in [0.2, 0.25) is 0 Å². The molecule has 0 saturated heterocycles. The van der Waals surface area contributed by atoms with E-state index in [-0.39, 0.29) is 16.8 Å². The van der Waals surface area contributed by atoms with Crippen LogP contribution < -0.4 is 5.32 Å². The van der Waals surface area contributed by atoms with Gasteiger partial charge < -0.3 is 10.1 Å². The average Bonchev–Trinajstić information content (AvgIpc) is 3.18. The van der Waals surface area contributed by atoms with Crippen molar-refractivity contribution < 1.29 is 9.53 Å². The molecule has 5 nitrogen and oxygen atoms in total. The van der Waals surface area contributed by atoms with E-state index < -0.39 is 0 Å². The standard InChI is InChI=1S/C12H16ClN3O2/c13-11-5-4-10(15-16-11)12(17)14-6-1-7-18-8-9-2-3-9/h4-5,9H,1-3,6-8H2,(H,14,17). The van der Waals surface area contributed by atoms with E-state index in [1.807, 2.05) is 0 Å². The molecule has 98 valence electrons. The lowest BCUT2D eigenvalue weighted by Crippen LogP contribution is -2.26. The van der Waals surface area contributed by atoms with E-state index in [0.29, 0.717) is 13.2 Å². The van der Waals surface area contributed by atoms with Crippen LogP contribution in [0.3, 0.4) is 0 Å². The Morgan fingerprint density at radius 3 is 2.94 bits per heavy atom. The highest BCUT2D eigenvalue weighted by Gasteiger charge is 2.20. The zero-order chi connectivity index (χ0) is 12.8. The van der Waals surface area contributed by atoms with Crippen molar-refractivity contribution in [1.29, 1.82) is 0 Å². The number of ether oxygens (including phenoxy) is 1. The third kappa shape index (κ3) is 4.58. The second kappa shape index (κ2) is 6.66. The molecule has 0 unspecified atom stereocenters. The molecule has 6 heteroatoms. The van der Waals surface area contributed by atoms with Gasteiger partial charge in [0.25, 0.3) is 5.91 Å². The largest absolute Gasteiger partial charge is 0.381 e. The van der Waals surface area contributed by atoms with Gasteiger partial charge in [-0.1, -0.05) is 11.6 Å². The van der Waals surface area contributed by atoms with Gasteiger partial charge in [-0.3, -0.25) is 4.79 Å². The first kappa shape index (κ1) is 13.2. The van der Waals surface area contributed by atoms with Crippen molar-refractivity contribution in [2.24, 2.45) is 5.92 Å². The minimum atomic E-state index is -0.235. The predicted octanol–water partition coefficient (Wildman–Crippen LogP) is 1.68. The van der Waals surface area contributed by atoms with Gasteiger partial charge in [0, 0.05) is 19.8 Å². The van der Waals surface area contributed by atoms with E-state index >= 15 is 0 Å². The summed E-state index contributed by atoms with van der Waals surface area (Å²) in [5, 5.41) is 10.3. The average molecular weight is 270 g/mol. The predicted molar refractivity (Wildman–Crippen MR) is 67.5 cm³/mol. The van der Waals surface area contributed by atoms with E-state index in [2.05, 4.69) is 15.5 Å². The number of amides is 1. The summed E-state index contributed by atoms with van der Waals surface area (Å²) in [6, 6.07) is 3.09. The van der Waals surface area contributed by atoms with Crippen molar-refractivity contribution in [1.82, 2.24) is 15.5 Å². The molecule has 0 spiro atoms. The molecule has 1 aromatic heterocycles. The van der Waals surface area contributed by atoms with Crippen molar-refractivity contribution in [3.8, 4) is 0 Å². The molecule has 0 bridgehead atoms. The second-order valence-corrected chi connectivity index (χ2v) is 4.76. The summed E-state index contributed by atoms with van der Waals surface area (Å²) in [6.45, 7) is 2.12. The molecular weight excluding hydrogens is 254 g/mol. The molecule has 1 aliphatic carbocycles. The number of hydrogen-bond acceptors (Lipinski definition) is 4. The van der Waals surface area contributed by atoms with Crippen LogP contribution in [0.15, 0.2) is 12.1 Å². The highest BCUT2D eigenvalue weighted by Crippen LogP contribution is 2.28. The zero-order valence-corrected chi connectivity index (χ0v) is 10.8. The first-order chi connectivity index (χ1) is 8.75.